The van der Waals surface area contributed by atoms with Gasteiger partial charge in [0.2, 0.25) is 11.0 Å². The maximum absolute atomic E-state index is 10.9. The Kier molecular flexibility index (Phi) is 5.27. The largest absolute Gasteiger partial charge is 0.373 e. The lowest BCUT2D eigenvalue weighted by atomic mass is 10.2. The number of carbonyl (C=O) groups is 1. The van der Waals surface area contributed by atoms with Gasteiger partial charge >= 0.3 is 0 Å². The van der Waals surface area contributed by atoms with E-state index in [9.17, 15) is 4.79 Å². The molecule has 0 aromatic carbocycles. The van der Waals surface area contributed by atoms with Crippen LogP contribution in [0.25, 0.3) is 0 Å². The first kappa shape index (κ1) is 15.1. The minimum absolute atomic E-state index is 0.0575. The molecule has 0 aliphatic carbocycles. The molecule has 0 unspecified atom stereocenters. The van der Waals surface area contributed by atoms with Gasteiger partial charge in [-0.2, -0.15) is 4.37 Å². The van der Waals surface area contributed by atoms with Gasteiger partial charge in [-0.25, -0.2) is 4.98 Å². The number of hydrogen-bond donors (Lipinski definition) is 1. The van der Waals surface area contributed by atoms with Crippen LogP contribution < -0.4 is 10.6 Å². The standard InChI is InChI=1S/C12H21N5O2S/c1-3-11-14-12(20-15-11)17-4-5-19-9(7-17)6-16(2)8-10(13)18/h9H,3-8H2,1-2H3,(H2,13,18)/t9-/m0/s1. The maximum Gasteiger partial charge on any atom is 0.231 e. The van der Waals surface area contributed by atoms with Gasteiger partial charge in [0.25, 0.3) is 0 Å². The third-order valence-electron chi connectivity index (χ3n) is 3.12. The molecule has 0 bridgehead atoms. The second-order valence-corrected chi connectivity index (χ2v) is 5.68. The Bertz CT molecular complexity index is 453. The molecule has 2 N–H and O–H groups in total. The van der Waals surface area contributed by atoms with E-state index >= 15 is 0 Å². The van der Waals surface area contributed by atoms with E-state index in [0.717, 1.165) is 30.5 Å². The fourth-order valence-electron chi connectivity index (χ4n) is 2.20. The topological polar surface area (TPSA) is 84.6 Å². The lowest BCUT2D eigenvalue weighted by molar-refractivity contribution is -0.119. The summed E-state index contributed by atoms with van der Waals surface area (Å²) in [6, 6.07) is 0. The Hall–Kier alpha value is -1.25. The molecule has 0 spiro atoms. The van der Waals surface area contributed by atoms with Crippen LogP contribution in [0.5, 0.6) is 0 Å². The first-order valence-corrected chi connectivity index (χ1v) is 7.51. The summed E-state index contributed by atoms with van der Waals surface area (Å²) in [6.07, 6.45) is 0.910. The summed E-state index contributed by atoms with van der Waals surface area (Å²) in [5, 5.41) is 0.952. The van der Waals surface area contributed by atoms with E-state index in [-0.39, 0.29) is 18.6 Å². The summed E-state index contributed by atoms with van der Waals surface area (Å²) in [6.45, 7) is 5.23. The highest BCUT2D eigenvalue weighted by atomic mass is 32.1. The number of rotatable bonds is 6. The second kappa shape index (κ2) is 6.96. The summed E-state index contributed by atoms with van der Waals surface area (Å²) < 4.78 is 10.0. The zero-order valence-corrected chi connectivity index (χ0v) is 12.7. The van der Waals surface area contributed by atoms with Gasteiger partial charge in [0.1, 0.15) is 5.82 Å². The molecule has 1 aliphatic rings. The Morgan fingerprint density at radius 2 is 2.45 bits per heavy atom. The molecule has 8 heteroatoms. The van der Waals surface area contributed by atoms with Gasteiger partial charge in [0.05, 0.1) is 19.3 Å². The first-order chi connectivity index (χ1) is 9.58. The van der Waals surface area contributed by atoms with E-state index in [1.165, 1.54) is 11.5 Å². The first-order valence-electron chi connectivity index (χ1n) is 6.74. The van der Waals surface area contributed by atoms with Gasteiger partial charge < -0.3 is 15.4 Å². The maximum atomic E-state index is 10.9. The molecular weight excluding hydrogens is 278 g/mol. The minimum Gasteiger partial charge on any atom is -0.373 e. The number of amides is 1. The molecule has 1 saturated heterocycles. The van der Waals surface area contributed by atoms with E-state index in [1.807, 2.05) is 18.9 Å². The van der Waals surface area contributed by atoms with Crippen molar-refractivity contribution in [1.29, 1.82) is 0 Å². The van der Waals surface area contributed by atoms with Gasteiger partial charge in [-0.3, -0.25) is 9.69 Å². The summed E-state index contributed by atoms with van der Waals surface area (Å²) in [4.78, 5) is 19.5. The van der Waals surface area contributed by atoms with E-state index < -0.39 is 0 Å². The zero-order valence-electron chi connectivity index (χ0n) is 11.9. The third-order valence-corrected chi connectivity index (χ3v) is 3.94. The van der Waals surface area contributed by atoms with Crippen molar-refractivity contribution in [3.05, 3.63) is 5.82 Å². The van der Waals surface area contributed by atoms with Crippen LogP contribution in [0, 0.1) is 0 Å². The summed E-state index contributed by atoms with van der Waals surface area (Å²) in [7, 11) is 1.87. The molecule has 1 aromatic heterocycles. The fourth-order valence-corrected chi connectivity index (χ4v) is 2.98. The lowest BCUT2D eigenvalue weighted by Crippen LogP contribution is -2.48. The number of morpholine rings is 1. The van der Waals surface area contributed by atoms with Crippen molar-refractivity contribution in [2.24, 2.45) is 5.73 Å². The van der Waals surface area contributed by atoms with Crippen molar-refractivity contribution >= 4 is 22.6 Å². The average Bonchev–Trinajstić information content (AvgIpc) is 2.86. The van der Waals surface area contributed by atoms with E-state index in [2.05, 4.69) is 14.3 Å². The molecule has 1 fully saturated rings. The SMILES string of the molecule is CCc1nsc(N2CCO[C@@H](CN(C)CC(N)=O)C2)n1. The molecule has 20 heavy (non-hydrogen) atoms. The Labute approximate surface area is 122 Å². The number of ether oxygens (including phenoxy) is 1. The molecule has 1 amide bonds. The highest BCUT2D eigenvalue weighted by Crippen LogP contribution is 2.20. The molecule has 0 radical (unpaired) electrons. The average molecular weight is 299 g/mol. The highest BCUT2D eigenvalue weighted by molar-refractivity contribution is 7.09. The van der Waals surface area contributed by atoms with Crippen LogP contribution in [0.15, 0.2) is 0 Å². The van der Waals surface area contributed by atoms with E-state index in [1.54, 1.807) is 0 Å². The van der Waals surface area contributed by atoms with Crippen molar-refractivity contribution < 1.29 is 9.53 Å². The van der Waals surface area contributed by atoms with Crippen molar-refractivity contribution in [2.45, 2.75) is 19.4 Å². The van der Waals surface area contributed by atoms with Crippen molar-refractivity contribution in [3.8, 4) is 0 Å². The van der Waals surface area contributed by atoms with Crippen molar-refractivity contribution in [1.82, 2.24) is 14.3 Å². The number of nitrogens with zero attached hydrogens (tertiary/aromatic N) is 4. The van der Waals surface area contributed by atoms with Gasteiger partial charge in [0, 0.05) is 37.6 Å². The number of hydrogen-bond acceptors (Lipinski definition) is 7. The molecule has 112 valence electrons. The smallest absolute Gasteiger partial charge is 0.231 e. The zero-order chi connectivity index (χ0) is 14.5. The predicted molar refractivity (Wildman–Crippen MR) is 77.9 cm³/mol. The Morgan fingerprint density at radius 1 is 1.65 bits per heavy atom. The Morgan fingerprint density at radius 3 is 3.10 bits per heavy atom. The third kappa shape index (κ3) is 4.12. The normalized spacial score (nSPS) is 19.6. The van der Waals surface area contributed by atoms with E-state index in [4.69, 9.17) is 10.5 Å². The Balaban J connectivity index is 1.89. The second-order valence-electron chi connectivity index (χ2n) is 4.95. The quantitative estimate of drug-likeness (QED) is 0.778. The van der Waals surface area contributed by atoms with Gasteiger partial charge in [-0.1, -0.05) is 6.92 Å². The number of aromatic nitrogens is 2. The molecule has 2 rings (SSSR count). The van der Waals surface area contributed by atoms with Crippen LogP contribution in [0.4, 0.5) is 5.13 Å². The number of carbonyl (C=O) groups excluding carboxylic acids is 1. The monoisotopic (exact) mass is 299 g/mol. The van der Waals surface area contributed by atoms with Crippen LogP contribution in [-0.2, 0) is 16.0 Å². The summed E-state index contributed by atoms with van der Waals surface area (Å²) >= 11 is 1.43. The van der Waals surface area contributed by atoms with Crippen LogP contribution >= 0.6 is 11.5 Å². The van der Waals surface area contributed by atoms with Gasteiger partial charge in [-0.15, -0.1) is 0 Å². The minimum atomic E-state index is -0.322. The van der Waals surface area contributed by atoms with Crippen LogP contribution in [0.3, 0.4) is 0 Å². The summed E-state index contributed by atoms with van der Waals surface area (Å²) in [5.41, 5.74) is 5.19. The van der Waals surface area contributed by atoms with Crippen molar-refractivity contribution in [3.63, 3.8) is 0 Å². The molecular formula is C12H21N5O2S. The molecule has 0 saturated carbocycles. The van der Waals surface area contributed by atoms with Gasteiger partial charge in [0.15, 0.2) is 0 Å². The molecule has 1 atom stereocenters. The predicted octanol–water partition coefficient (Wildman–Crippen LogP) is -0.277. The molecule has 1 aromatic rings. The summed E-state index contributed by atoms with van der Waals surface area (Å²) in [5.74, 6) is 0.566. The number of likely N-dealkylation sites (N-methyl/N-ethyl adjacent to an activating group) is 1. The lowest BCUT2D eigenvalue weighted by Gasteiger charge is -2.34. The van der Waals surface area contributed by atoms with Crippen LogP contribution in [0.2, 0.25) is 0 Å². The fraction of sp³-hybridized carbons (Fsp3) is 0.750. The number of nitrogens with two attached hydrogens (primary N) is 1. The van der Waals surface area contributed by atoms with E-state index in [0.29, 0.717) is 13.2 Å². The number of anilines is 1. The van der Waals surface area contributed by atoms with Crippen LogP contribution in [-0.4, -0.2) is 66.1 Å². The van der Waals surface area contributed by atoms with Crippen molar-refractivity contribution in [2.75, 3.05) is 44.7 Å². The van der Waals surface area contributed by atoms with Crippen LogP contribution in [0.1, 0.15) is 12.7 Å². The molecule has 2 heterocycles. The highest BCUT2D eigenvalue weighted by Gasteiger charge is 2.24. The molecule has 1 aliphatic heterocycles. The number of primary amides is 1. The van der Waals surface area contributed by atoms with Gasteiger partial charge in [-0.05, 0) is 7.05 Å². The molecule has 7 nitrogen and oxygen atoms in total. The number of aryl methyl sites for hydroxylation is 1.